The number of rotatable bonds is 5. The molecule has 1 aromatic rings. The predicted molar refractivity (Wildman–Crippen MR) is 62.9 cm³/mol. The quantitative estimate of drug-likeness (QED) is 0.586. The Morgan fingerprint density at radius 1 is 1.53 bits per heavy atom. The largest absolute Gasteiger partial charge is 0.497 e. The lowest BCUT2D eigenvalue weighted by Crippen LogP contribution is -2.19. The molecule has 0 aliphatic rings. The van der Waals surface area contributed by atoms with Crippen molar-refractivity contribution in [2.45, 2.75) is 19.4 Å². The molecule has 2 heteroatoms. The molecule has 80 valence electrons. The van der Waals surface area contributed by atoms with E-state index in [9.17, 15) is 0 Å². The molecule has 2 nitrogen and oxygen atoms in total. The van der Waals surface area contributed by atoms with Gasteiger partial charge in [0.2, 0.25) is 0 Å². The molecule has 0 saturated heterocycles. The first kappa shape index (κ1) is 11.6. The van der Waals surface area contributed by atoms with Gasteiger partial charge in [-0.15, -0.1) is 12.3 Å². The summed E-state index contributed by atoms with van der Waals surface area (Å²) in [6.07, 6.45) is 5.95. The predicted octanol–water partition coefficient (Wildman–Crippen LogP) is 2.37. The first-order chi connectivity index (χ1) is 7.27. The van der Waals surface area contributed by atoms with Gasteiger partial charge in [-0.3, -0.25) is 0 Å². The topological polar surface area (TPSA) is 21.3 Å². The summed E-state index contributed by atoms with van der Waals surface area (Å²) >= 11 is 0. The minimum atomic E-state index is 0.299. The average Bonchev–Trinajstić information content (AvgIpc) is 2.29. The van der Waals surface area contributed by atoms with Gasteiger partial charge in [0.05, 0.1) is 7.11 Å². The fraction of sp³-hybridized carbons (Fsp3) is 0.385. The number of hydrogen-bond acceptors (Lipinski definition) is 2. The Balaban J connectivity index is 2.57. The molecular weight excluding hydrogens is 186 g/mol. The molecule has 15 heavy (non-hydrogen) atoms. The fourth-order valence-electron chi connectivity index (χ4n) is 1.39. The van der Waals surface area contributed by atoms with Crippen LogP contribution in [0.1, 0.15) is 24.9 Å². The highest BCUT2D eigenvalue weighted by atomic mass is 16.5. The summed E-state index contributed by atoms with van der Waals surface area (Å²) < 4.78 is 5.17. The first-order valence-corrected chi connectivity index (χ1v) is 5.08. The third-order valence-electron chi connectivity index (χ3n) is 2.31. The van der Waals surface area contributed by atoms with Gasteiger partial charge in [-0.1, -0.05) is 12.1 Å². The van der Waals surface area contributed by atoms with Crippen molar-refractivity contribution in [3.63, 3.8) is 0 Å². The van der Waals surface area contributed by atoms with Gasteiger partial charge < -0.3 is 10.1 Å². The van der Waals surface area contributed by atoms with Crippen LogP contribution in [0.15, 0.2) is 24.3 Å². The van der Waals surface area contributed by atoms with Gasteiger partial charge in [0, 0.05) is 19.0 Å². The van der Waals surface area contributed by atoms with E-state index in [-0.39, 0.29) is 0 Å². The summed E-state index contributed by atoms with van der Waals surface area (Å²) in [7, 11) is 1.68. The minimum absolute atomic E-state index is 0.299. The fourth-order valence-corrected chi connectivity index (χ4v) is 1.39. The molecule has 0 aliphatic carbocycles. The standard InChI is InChI=1S/C13H17NO/c1-4-5-9-14-11(2)12-7-6-8-13(10-12)15-3/h1,6-8,10-11,14H,5,9H2,2-3H3/t11-/m1/s1. The molecule has 1 atom stereocenters. The molecule has 0 heterocycles. The van der Waals surface area contributed by atoms with Gasteiger partial charge in [-0.05, 0) is 24.6 Å². The molecule has 0 amide bonds. The lowest BCUT2D eigenvalue weighted by molar-refractivity contribution is 0.413. The van der Waals surface area contributed by atoms with Crippen LogP contribution in [-0.4, -0.2) is 13.7 Å². The maximum absolute atomic E-state index is 5.19. The first-order valence-electron chi connectivity index (χ1n) is 5.08. The summed E-state index contributed by atoms with van der Waals surface area (Å²) in [5.74, 6) is 3.50. The molecule has 0 bridgehead atoms. The van der Waals surface area contributed by atoms with E-state index in [0.717, 1.165) is 18.7 Å². The highest BCUT2D eigenvalue weighted by Gasteiger charge is 2.04. The zero-order valence-electron chi connectivity index (χ0n) is 9.29. The van der Waals surface area contributed by atoms with Gasteiger partial charge in [0.25, 0.3) is 0 Å². The van der Waals surface area contributed by atoms with Crippen LogP contribution in [0.3, 0.4) is 0 Å². The van der Waals surface area contributed by atoms with E-state index in [1.807, 2.05) is 18.2 Å². The van der Waals surface area contributed by atoms with E-state index in [4.69, 9.17) is 11.2 Å². The van der Waals surface area contributed by atoms with E-state index in [2.05, 4.69) is 24.2 Å². The van der Waals surface area contributed by atoms with Crippen LogP contribution >= 0.6 is 0 Å². The zero-order chi connectivity index (χ0) is 11.1. The number of ether oxygens (including phenoxy) is 1. The van der Waals surface area contributed by atoms with Gasteiger partial charge in [0.1, 0.15) is 5.75 Å². The van der Waals surface area contributed by atoms with Crippen molar-refractivity contribution >= 4 is 0 Å². The van der Waals surface area contributed by atoms with Crippen LogP contribution in [0.4, 0.5) is 0 Å². The number of hydrogen-bond donors (Lipinski definition) is 1. The van der Waals surface area contributed by atoms with Gasteiger partial charge in [-0.2, -0.15) is 0 Å². The number of nitrogens with one attached hydrogen (secondary N) is 1. The Morgan fingerprint density at radius 2 is 2.33 bits per heavy atom. The van der Waals surface area contributed by atoms with Crippen LogP contribution < -0.4 is 10.1 Å². The third kappa shape index (κ3) is 3.65. The summed E-state index contributed by atoms with van der Waals surface area (Å²) in [4.78, 5) is 0. The maximum atomic E-state index is 5.19. The second kappa shape index (κ2) is 6.10. The van der Waals surface area contributed by atoms with Crippen molar-refractivity contribution in [1.29, 1.82) is 0 Å². The van der Waals surface area contributed by atoms with Gasteiger partial charge in [0.15, 0.2) is 0 Å². The highest BCUT2D eigenvalue weighted by molar-refractivity contribution is 5.30. The Bertz CT molecular complexity index is 341. The lowest BCUT2D eigenvalue weighted by atomic mass is 10.1. The summed E-state index contributed by atoms with van der Waals surface area (Å²) in [6, 6.07) is 8.35. The molecular formula is C13H17NO. The molecule has 0 aromatic heterocycles. The minimum Gasteiger partial charge on any atom is -0.497 e. The molecule has 0 spiro atoms. The smallest absolute Gasteiger partial charge is 0.119 e. The van der Waals surface area contributed by atoms with E-state index >= 15 is 0 Å². The molecule has 1 rings (SSSR count). The number of terminal acetylenes is 1. The summed E-state index contributed by atoms with van der Waals surface area (Å²) in [5.41, 5.74) is 1.21. The second-order valence-electron chi connectivity index (χ2n) is 3.41. The summed E-state index contributed by atoms with van der Waals surface area (Å²) in [5, 5.41) is 3.35. The lowest BCUT2D eigenvalue weighted by Gasteiger charge is -2.14. The van der Waals surface area contributed by atoms with Crippen LogP contribution in [-0.2, 0) is 0 Å². The normalized spacial score (nSPS) is 11.8. The maximum Gasteiger partial charge on any atom is 0.119 e. The monoisotopic (exact) mass is 203 g/mol. The number of methoxy groups -OCH3 is 1. The van der Waals surface area contributed by atoms with E-state index in [1.54, 1.807) is 7.11 Å². The van der Waals surface area contributed by atoms with Crippen molar-refractivity contribution < 1.29 is 4.74 Å². The molecule has 0 saturated carbocycles. The van der Waals surface area contributed by atoms with Crippen molar-refractivity contribution in [2.75, 3.05) is 13.7 Å². The Hall–Kier alpha value is -1.46. The molecule has 0 unspecified atom stereocenters. The molecule has 0 fully saturated rings. The van der Waals surface area contributed by atoms with Gasteiger partial charge in [-0.25, -0.2) is 0 Å². The second-order valence-corrected chi connectivity index (χ2v) is 3.41. The van der Waals surface area contributed by atoms with Crippen LogP contribution in [0.2, 0.25) is 0 Å². The van der Waals surface area contributed by atoms with E-state index < -0.39 is 0 Å². The average molecular weight is 203 g/mol. The van der Waals surface area contributed by atoms with Crippen LogP contribution in [0, 0.1) is 12.3 Å². The van der Waals surface area contributed by atoms with Crippen molar-refractivity contribution in [3.05, 3.63) is 29.8 Å². The molecule has 0 aliphatic heterocycles. The van der Waals surface area contributed by atoms with Crippen LogP contribution in [0.5, 0.6) is 5.75 Å². The molecule has 1 aromatic carbocycles. The van der Waals surface area contributed by atoms with Gasteiger partial charge >= 0.3 is 0 Å². The Morgan fingerprint density at radius 3 is 3.00 bits per heavy atom. The van der Waals surface area contributed by atoms with E-state index in [1.165, 1.54) is 5.56 Å². The van der Waals surface area contributed by atoms with Crippen LogP contribution in [0.25, 0.3) is 0 Å². The zero-order valence-corrected chi connectivity index (χ0v) is 9.29. The Labute approximate surface area is 91.6 Å². The highest BCUT2D eigenvalue weighted by Crippen LogP contribution is 2.18. The number of benzene rings is 1. The third-order valence-corrected chi connectivity index (χ3v) is 2.31. The SMILES string of the molecule is C#CCCN[C@H](C)c1cccc(OC)c1. The van der Waals surface area contributed by atoms with Crippen molar-refractivity contribution in [3.8, 4) is 18.1 Å². The summed E-state index contributed by atoms with van der Waals surface area (Å²) in [6.45, 7) is 2.96. The molecule has 1 N–H and O–H groups in total. The Kier molecular flexibility index (Phi) is 4.73. The van der Waals surface area contributed by atoms with Crippen molar-refractivity contribution in [1.82, 2.24) is 5.32 Å². The molecule has 0 radical (unpaired) electrons. The van der Waals surface area contributed by atoms with E-state index in [0.29, 0.717) is 6.04 Å². The van der Waals surface area contributed by atoms with Crippen molar-refractivity contribution in [2.24, 2.45) is 0 Å².